The normalized spacial score (nSPS) is 19.3. The quantitative estimate of drug-likeness (QED) is 0.750. The van der Waals surface area contributed by atoms with Gasteiger partial charge in [0.1, 0.15) is 0 Å². The van der Waals surface area contributed by atoms with Crippen LogP contribution < -0.4 is 0 Å². The number of aryl methyl sites for hydroxylation is 1. The summed E-state index contributed by atoms with van der Waals surface area (Å²) in [6, 6.07) is 1.75. The van der Waals surface area contributed by atoms with Crippen LogP contribution in [0.3, 0.4) is 0 Å². The lowest BCUT2D eigenvalue weighted by Crippen LogP contribution is -1.92. The summed E-state index contributed by atoms with van der Waals surface area (Å²) >= 11 is 12.2. The van der Waals surface area contributed by atoms with Gasteiger partial charge >= 0.3 is 0 Å². The van der Waals surface area contributed by atoms with Gasteiger partial charge in [0.05, 0.1) is 15.7 Å². The van der Waals surface area contributed by atoms with Gasteiger partial charge in [0.25, 0.3) is 0 Å². The van der Waals surface area contributed by atoms with Crippen LogP contribution in [-0.2, 0) is 6.42 Å². The van der Waals surface area contributed by atoms with Gasteiger partial charge in [-0.25, -0.2) is 4.98 Å². The van der Waals surface area contributed by atoms with Crippen molar-refractivity contribution in [1.29, 1.82) is 0 Å². The summed E-state index contributed by atoms with van der Waals surface area (Å²) < 4.78 is 2.05. The van der Waals surface area contributed by atoms with Crippen LogP contribution in [0.25, 0.3) is 5.65 Å². The average Bonchev–Trinajstić information content (AvgIpc) is 2.77. The Bertz CT molecular complexity index is 560. The summed E-state index contributed by atoms with van der Waals surface area (Å²) in [7, 11) is 0. The fourth-order valence-corrected chi connectivity index (χ4v) is 3.07. The molecule has 2 aromatic heterocycles. The van der Waals surface area contributed by atoms with Crippen molar-refractivity contribution in [2.45, 2.75) is 32.1 Å². The van der Waals surface area contributed by atoms with Gasteiger partial charge in [0, 0.05) is 17.8 Å². The molecule has 0 radical (unpaired) electrons. The molecular formula is C12H12Cl2N2. The van der Waals surface area contributed by atoms with Gasteiger partial charge in [-0.05, 0) is 25.3 Å². The summed E-state index contributed by atoms with van der Waals surface area (Å²) in [5.41, 5.74) is 3.34. The minimum atomic E-state index is 0.588. The minimum Gasteiger partial charge on any atom is -0.301 e. The first-order valence-corrected chi connectivity index (χ1v) is 6.32. The number of rotatable bonds is 1. The summed E-state index contributed by atoms with van der Waals surface area (Å²) in [6.45, 7) is 2.21. The van der Waals surface area contributed by atoms with Crippen LogP contribution in [0, 0.1) is 0 Å². The Hall–Kier alpha value is -0.730. The van der Waals surface area contributed by atoms with E-state index in [-0.39, 0.29) is 0 Å². The molecule has 4 heteroatoms. The zero-order valence-corrected chi connectivity index (χ0v) is 10.5. The second-order valence-electron chi connectivity index (χ2n) is 4.29. The predicted octanol–water partition coefficient (Wildman–Crippen LogP) is 4.08. The number of imidazole rings is 1. The van der Waals surface area contributed by atoms with Crippen molar-refractivity contribution in [3.05, 3.63) is 33.7 Å². The molecule has 1 aliphatic rings. The Morgan fingerprint density at radius 1 is 1.50 bits per heavy atom. The molecule has 3 rings (SSSR count). The molecule has 2 heterocycles. The first kappa shape index (κ1) is 10.4. The first-order chi connectivity index (χ1) is 7.70. The van der Waals surface area contributed by atoms with E-state index in [0.717, 1.165) is 18.5 Å². The molecule has 84 valence electrons. The van der Waals surface area contributed by atoms with Crippen molar-refractivity contribution in [3.63, 3.8) is 0 Å². The molecule has 0 aliphatic heterocycles. The van der Waals surface area contributed by atoms with E-state index in [9.17, 15) is 0 Å². The van der Waals surface area contributed by atoms with Gasteiger partial charge in [0.15, 0.2) is 5.65 Å². The van der Waals surface area contributed by atoms with Gasteiger partial charge in [-0.3, -0.25) is 0 Å². The number of hydrogen-bond acceptors (Lipinski definition) is 1. The molecule has 0 saturated heterocycles. The van der Waals surface area contributed by atoms with Crippen LogP contribution in [0.4, 0.5) is 0 Å². The molecule has 1 atom stereocenters. The first-order valence-electron chi connectivity index (χ1n) is 5.56. The fraction of sp³-hybridized carbons (Fsp3) is 0.417. The number of hydrogen-bond donors (Lipinski definition) is 0. The molecule has 0 N–H and O–H groups in total. The van der Waals surface area contributed by atoms with Crippen molar-refractivity contribution in [2.75, 3.05) is 0 Å². The van der Waals surface area contributed by atoms with E-state index in [1.165, 1.54) is 17.8 Å². The fourth-order valence-electron chi connectivity index (χ4n) is 2.56. The minimum absolute atomic E-state index is 0.588. The molecule has 0 fully saturated rings. The van der Waals surface area contributed by atoms with E-state index >= 15 is 0 Å². The lowest BCUT2D eigenvalue weighted by molar-refractivity contribution is 0.641. The highest BCUT2D eigenvalue weighted by molar-refractivity contribution is 6.36. The van der Waals surface area contributed by atoms with Crippen LogP contribution in [0.15, 0.2) is 12.3 Å². The van der Waals surface area contributed by atoms with E-state index in [1.54, 1.807) is 6.07 Å². The topological polar surface area (TPSA) is 17.3 Å². The molecule has 1 aliphatic carbocycles. The second kappa shape index (κ2) is 3.64. The lowest BCUT2D eigenvalue weighted by atomic mass is 10.1. The molecule has 0 aromatic carbocycles. The maximum absolute atomic E-state index is 6.15. The number of halogens is 2. The van der Waals surface area contributed by atoms with Crippen LogP contribution in [-0.4, -0.2) is 9.38 Å². The van der Waals surface area contributed by atoms with Crippen LogP contribution in [0.5, 0.6) is 0 Å². The lowest BCUT2D eigenvalue weighted by Gasteiger charge is -2.02. The second-order valence-corrected chi connectivity index (χ2v) is 5.13. The summed E-state index contributed by atoms with van der Waals surface area (Å²) in [5, 5.41) is 1.30. The van der Waals surface area contributed by atoms with Crippen molar-refractivity contribution in [3.8, 4) is 0 Å². The van der Waals surface area contributed by atoms with Crippen molar-refractivity contribution < 1.29 is 0 Å². The Kier molecular flexibility index (Phi) is 2.37. The largest absolute Gasteiger partial charge is 0.301 e. The summed E-state index contributed by atoms with van der Waals surface area (Å²) in [4.78, 5) is 4.66. The molecule has 2 nitrogen and oxygen atoms in total. The van der Waals surface area contributed by atoms with E-state index in [4.69, 9.17) is 23.2 Å². The number of fused-ring (bicyclic) bond motifs is 3. The Morgan fingerprint density at radius 3 is 3.06 bits per heavy atom. The maximum Gasteiger partial charge on any atom is 0.156 e. The average molecular weight is 255 g/mol. The molecule has 0 spiro atoms. The third-order valence-electron chi connectivity index (χ3n) is 3.38. The van der Waals surface area contributed by atoms with Crippen molar-refractivity contribution >= 4 is 28.8 Å². The smallest absolute Gasteiger partial charge is 0.156 e. The SMILES string of the molecule is CCC1CCc2c1nc1c(Cl)cc(Cl)cn21. The molecular weight excluding hydrogens is 243 g/mol. The standard InChI is InChI=1S/C12H12Cl2N2/c1-2-7-3-4-10-11(7)15-12-9(14)5-8(13)6-16(10)12/h5-7H,2-4H2,1H3. The van der Waals surface area contributed by atoms with E-state index in [2.05, 4.69) is 16.3 Å². The van der Waals surface area contributed by atoms with Crippen molar-refractivity contribution in [2.24, 2.45) is 0 Å². The molecule has 0 amide bonds. The molecule has 2 aromatic rings. The molecule has 16 heavy (non-hydrogen) atoms. The Balaban J connectivity index is 2.31. The Labute approximate surface area is 104 Å². The third kappa shape index (κ3) is 1.36. The van der Waals surface area contributed by atoms with Crippen LogP contribution in [0.2, 0.25) is 10.0 Å². The Morgan fingerprint density at radius 2 is 2.31 bits per heavy atom. The summed E-state index contributed by atoms with van der Waals surface area (Å²) in [6.07, 6.45) is 5.32. The zero-order chi connectivity index (χ0) is 11.3. The monoisotopic (exact) mass is 254 g/mol. The van der Waals surface area contributed by atoms with E-state index < -0.39 is 0 Å². The van der Waals surface area contributed by atoms with Gasteiger partial charge in [-0.15, -0.1) is 0 Å². The van der Waals surface area contributed by atoms with Gasteiger partial charge in [-0.2, -0.15) is 0 Å². The van der Waals surface area contributed by atoms with E-state index in [0.29, 0.717) is 16.0 Å². The van der Waals surface area contributed by atoms with Gasteiger partial charge in [0.2, 0.25) is 0 Å². The van der Waals surface area contributed by atoms with Gasteiger partial charge < -0.3 is 4.40 Å². The molecule has 0 bridgehead atoms. The highest BCUT2D eigenvalue weighted by Gasteiger charge is 2.27. The van der Waals surface area contributed by atoms with Crippen LogP contribution in [0.1, 0.15) is 37.1 Å². The maximum atomic E-state index is 6.15. The van der Waals surface area contributed by atoms with Crippen LogP contribution >= 0.6 is 23.2 Å². The number of nitrogens with zero attached hydrogens (tertiary/aromatic N) is 2. The molecule has 1 unspecified atom stereocenters. The van der Waals surface area contributed by atoms with Gasteiger partial charge in [-0.1, -0.05) is 30.1 Å². The third-order valence-corrected chi connectivity index (χ3v) is 3.87. The van der Waals surface area contributed by atoms with Crippen molar-refractivity contribution in [1.82, 2.24) is 9.38 Å². The highest BCUT2D eigenvalue weighted by atomic mass is 35.5. The van der Waals surface area contributed by atoms with E-state index in [1.807, 2.05) is 6.20 Å². The summed E-state index contributed by atoms with van der Waals surface area (Å²) in [5.74, 6) is 0.588. The predicted molar refractivity (Wildman–Crippen MR) is 66.6 cm³/mol. The molecule has 0 saturated carbocycles. The number of aromatic nitrogens is 2. The zero-order valence-electron chi connectivity index (χ0n) is 9.00. The number of pyridine rings is 1. The highest BCUT2D eigenvalue weighted by Crippen LogP contribution is 2.37.